The monoisotopic (exact) mass is 631 g/mol. The first-order chi connectivity index (χ1) is 20.8. The van der Waals surface area contributed by atoms with E-state index >= 15 is 0 Å². The molecular weight excluding hydrogens is 607 g/mol. The average Bonchev–Trinajstić information content (AvgIpc) is 3.44. The molecule has 0 saturated carbocycles. The van der Waals surface area contributed by atoms with Crippen molar-refractivity contribution in [3.05, 3.63) is 106 Å². The quantitative estimate of drug-likeness (QED) is 0.178. The van der Waals surface area contributed by atoms with Gasteiger partial charge < -0.3 is 29.7 Å². The lowest BCUT2D eigenvalue weighted by molar-refractivity contribution is -0.274. The van der Waals surface area contributed by atoms with Gasteiger partial charge in [-0.3, -0.25) is 4.79 Å². The van der Waals surface area contributed by atoms with Gasteiger partial charge in [-0.05, 0) is 49.7 Å². The molecule has 0 spiro atoms. The smallest absolute Gasteiger partial charge is 0.479 e. The number of carboxylic acids is 1. The van der Waals surface area contributed by atoms with Crippen molar-refractivity contribution in [3.63, 3.8) is 0 Å². The number of benzene rings is 3. The molecule has 2 atom stereocenters. The van der Waals surface area contributed by atoms with Gasteiger partial charge in [-0.2, -0.15) is 0 Å². The van der Waals surface area contributed by atoms with Crippen LogP contribution < -0.4 is 15.4 Å². The molecule has 0 aliphatic heterocycles. The Balaban J connectivity index is 1.41. The van der Waals surface area contributed by atoms with Crippen LogP contribution in [0.2, 0.25) is 5.02 Å². The summed E-state index contributed by atoms with van der Waals surface area (Å²) in [5, 5.41) is 19.3. The summed E-state index contributed by atoms with van der Waals surface area (Å²) >= 11 is 6.16. The van der Waals surface area contributed by atoms with Crippen LogP contribution in [0.4, 0.5) is 18.0 Å². The van der Waals surface area contributed by atoms with Crippen molar-refractivity contribution in [1.29, 1.82) is 0 Å². The number of rotatable bonds is 10. The van der Waals surface area contributed by atoms with E-state index in [2.05, 4.69) is 20.5 Å². The first kappa shape index (κ1) is 31.9. The number of carbonyl (C=O) groups is 3. The Labute approximate surface area is 253 Å². The van der Waals surface area contributed by atoms with E-state index in [-0.39, 0.29) is 17.7 Å². The van der Waals surface area contributed by atoms with E-state index in [0.717, 1.165) is 24.3 Å². The third kappa shape index (κ3) is 7.67. The third-order valence-corrected chi connectivity index (χ3v) is 6.91. The Bertz CT molecular complexity index is 1640. The van der Waals surface area contributed by atoms with E-state index in [1.54, 1.807) is 43.3 Å². The number of carboxylic acid groups (broad SMARTS) is 1. The van der Waals surface area contributed by atoms with Crippen molar-refractivity contribution in [2.75, 3.05) is 0 Å². The number of carbonyl (C=O) groups excluding carboxylic acids is 2. The highest BCUT2D eigenvalue weighted by atomic mass is 35.5. The molecular formula is C30H25ClF3N3O7. The molecule has 0 aliphatic rings. The molecule has 1 heterocycles. The number of alkyl carbamates (subject to hydrolysis) is 1. The number of hydrogen-bond donors (Lipinski definition) is 3. The molecule has 10 nitrogen and oxygen atoms in total. The first-order valence-electron chi connectivity index (χ1n) is 12.9. The molecule has 3 N–H and O–H groups in total. The zero-order valence-corrected chi connectivity index (χ0v) is 23.9. The highest BCUT2D eigenvalue weighted by Gasteiger charge is 2.38. The van der Waals surface area contributed by atoms with E-state index < -0.39 is 41.7 Å². The minimum absolute atomic E-state index is 0.0128. The first-order valence-corrected chi connectivity index (χ1v) is 13.3. The Morgan fingerprint density at radius 2 is 1.68 bits per heavy atom. The van der Waals surface area contributed by atoms with Gasteiger partial charge in [0.15, 0.2) is 5.54 Å². The number of halogens is 4. The normalized spacial score (nSPS) is 13.3. The Morgan fingerprint density at radius 1 is 1.02 bits per heavy atom. The van der Waals surface area contributed by atoms with Crippen LogP contribution in [0.3, 0.4) is 0 Å². The summed E-state index contributed by atoms with van der Waals surface area (Å²) in [4.78, 5) is 37.5. The standard InChI is InChI=1S/C30H25ClF3N3O7/c1-17(23-5-3-4-6-24(23)31)43-28(41)35-15-20-16-42-37-25(20)18-7-9-19(10-8-18)26(38)36-29(2,27(39)40)21-11-13-22(14-12-21)44-30(32,33)34/h3-14,16-17H,15H2,1-2H3,(H,35,41)(H,36,38)(H,39,40). The number of aromatic nitrogens is 1. The molecule has 0 saturated heterocycles. The van der Waals surface area contributed by atoms with E-state index in [1.807, 2.05) is 0 Å². The largest absolute Gasteiger partial charge is 0.573 e. The Kier molecular flexibility index (Phi) is 9.48. The van der Waals surface area contributed by atoms with E-state index in [4.69, 9.17) is 20.9 Å². The molecule has 44 heavy (non-hydrogen) atoms. The summed E-state index contributed by atoms with van der Waals surface area (Å²) in [6.07, 6.45) is -4.86. The van der Waals surface area contributed by atoms with Crippen LogP contribution in [0.15, 0.2) is 83.6 Å². The highest BCUT2D eigenvalue weighted by Crippen LogP contribution is 2.29. The van der Waals surface area contributed by atoms with Crippen molar-refractivity contribution in [1.82, 2.24) is 15.8 Å². The number of alkyl halides is 3. The van der Waals surface area contributed by atoms with Gasteiger partial charge in [0.25, 0.3) is 5.91 Å². The van der Waals surface area contributed by atoms with Crippen LogP contribution in [0.5, 0.6) is 5.75 Å². The van der Waals surface area contributed by atoms with Crippen LogP contribution in [-0.2, 0) is 21.6 Å². The van der Waals surface area contributed by atoms with Gasteiger partial charge in [-0.25, -0.2) is 9.59 Å². The topological polar surface area (TPSA) is 140 Å². The van der Waals surface area contributed by atoms with Crippen molar-refractivity contribution in [2.45, 2.75) is 38.4 Å². The Hall–Kier alpha value is -5.04. The maximum atomic E-state index is 13.0. The van der Waals surface area contributed by atoms with E-state index in [1.165, 1.54) is 25.3 Å². The van der Waals surface area contributed by atoms with Crippen molar-refractivity contribution in [3.8, 4) is 17.0 Å². The second-order valence-electron chi connectivity index (χ2n) is 9.64. The van der Waals surface area contributed by atoms with Gasteiger partial charge in [0, 0.05) is 27.3 Å². The second kappa shape index (κ2) is 13.1. The average molecular weight is 632 g/mol. The lowest BCUT2D eigenvalue weighted by atomic mass is 9.91. The number of ether oxygens (including phenoxy) is 2. The molecule has 0 aliphatic carbocycles. The summed E-state index contributed by atoms with van der Waals surface area (Å²) in [7, 11) is 0. The molecule has 14 heteroatoms. The molecule has 2 amide bonds. The fourth-order valence-corrected chi connectivity index (χ4v) is 4.47. The maximum absolute atomic E-state index is 13.0. The zero-order chi connectivity index (χ0) is 32.1. The molecule has 4 aromatic rings. The van der Waals surface area contributed by atoms with Crippen LogP contribution in [0.25, 0.3) is 11.3 Å². The number of amides is 2. The fourth-order valence-electron chi connectivity index (χ4n) is 4.18. The highest BCUT2D eigenvalue weighted by molar-refractivity contribution is 6.31. The molecule has 0 fully saturated rings. The third-order valence-electron chi connectivity index (χ3n) is 6.57. The molecule has 1 aromatic heterocycles. The second-order valence-corrected chi connectivity index (χ2v) is 10.1. The summed E-state index contributed by atoms with van der Waals surface area (Å²) in [5.74, 6) is -2.73. The minimum atomic E-state index is -4.91. The van der Waals surface area contributed by atoms with Crippen molar-refractivity contribution < 1.29 is 46.7 Å². The van der Waals surface area contributed by atoms with Crippen LogP contribution >= 0.6 is 11.6 Å². The molecule has 3 aromatic carbocycles. The summed E-state index contributed by atoms with van der Waals surface area (Å²) in [6, 6.07) is 17.1. The molecule has 2 unspecified atom stereocenters. The van der Waals surface area contributed by atoms with Gasteiger partial charge in [0.2, 0.25) is 0 Å². The summed E-state index contributed by atoms with van der Waals surface area (Å²) in [5.41, 5.74) is 0.217. The van der Waals surface area contributed by atoms with Crippen LogP contribution in [0, 0.1) is 0 Å². The molecule has 230 valence electrons. The lowest BCUT2D eigenvalue weighted by Crippen LogP contribution is -2.49. The summed E-state index contributed by atoms with van der Waals surface area (Å²) < 4.78 is 51.7. The van der Waals surface area contributed by atoms with E-state index in [9.17, 15) is 32.7 Å². The van der Waals surface area contributed by atoms with E-state index in [0.29, 0.717) is 27.4 Å². The lowest BCUT2D eigenvalue weighted by Gasteiger charge is -2.27. The van der Waals surface area contributed by atoms with Gasteiger partial charge in [0.05, 0.1) is 6.54 Å². The van der Waals surface area contributed by atoms with Gasteiger partial charge in [-0.15, -0.1) is 13.2 Å². The zero-order valence-electron chi connectivity index (χ0n) is 23.1. The predicted molar refractivity (Wildman–Crippen MR) is 151 cm³/mol. The number of nitrogens with one attached hydrogen (secondary N) is 2. The maximum Gasteiger partial charge on any atom is 0.573 e. The minimum Gasteiger partial charge on any atom is -0.479 e. The van der Waals surface area contributed by atoms with Crippen molar-refractivity contribution >= 4 is 29.6 Å². The van der Waals surface area contributed by atoms with Crippen molar-refractivity contribution in [2.24, 2.45) is 0 Å². The summed E-state index contributed by atoms with van der Waals surface area (Å²) in [6.45, 7) is 2.90. The van der Waals surface area contributed by atoms with Crippen LogP contribution in [-0.4, -0.2) is 34.6 Å². The van der Waals surface area contributed by atoms with Gasteiger partial charge in [-0.1, -0.05) is 59.2 Å². The number of hydrogen-bond acceptors (Lipinski definition) is 7. The predicted octanol–water partition coefficient (Wildman–Crippen LogP) is 6.61. The van der Waals surface area contributed by atoms with Gasteiger partial charge in [0.1, 0.15) is 23.8 Å². The van der Waals surface area contributed by atoms with Gasteiger partial charge >= 0.3 is 18.4 Å². The number of nitrogens with zero attached hydrogens (tertiary/aromatic N) is 1. The SMILES string of the molecule is CC(OC(=O)NCc1conc1-c1ccc(C(=O)NC(C)(C(=O)O)c2ccc(OC(F)(F)F)cc2)cc1)c1ccccc1Cl. The molecule has 0 bridgehead atoms. The Morgan fingerprint density at radius 3 is 2.30 bits per heavy atom. The molecule has 4 rings (SSSR count). The fraction of sp³-hybridized carbons (Fsp3) is 0.200. The molecule has 0 radical (unpaired) electrons. The van der Waals surface area contributed by atoms with Crippen LogP contribution in [0.1, 0.15) is 47.0 Å². The number of aliphatic carboxylic acids is 1.